The number of benzene rings is 1. The first-order valence-electron chi connectivity index (χ1n) is 4.53. The van der Waals surface area contributed by atoms with Crippen molar-refractivity contribution in [2.75, 3.05) is 5.43 Å². The smallest absolute Gasteiger partial charge is 0.201 e. The number of aryl methyl sites for hydroxylation is 1. The molecule has 0 aromatic heterocycles. The van der Waals surface area contributed by atoms with Crippen molar-refractivity contribution < 1.29 is 5.11 Å². The minimum atomic E-state index is -0.436. The first-order chi connectivity index (χ1) is 7.95. The Bertz CT molecular complexity index is 509. The summed E-state index contributed by atoms with van der Waals surface area (Å²) in [6.07, 6.45) is 0. The van der Waals surface area contributed by atoms with Gasteiger partial charge in [0.2, 0.25) is 5.71 Å². The molecule has 0 unspecified atom stereocenters. The number of hydrogen-bond donors (Lipinski definition) is 4. The molecule has 0 aliphatic heterocycles. The lowest BCUT2D eigenvalue weighted by molar-refractivity contribution is 0.476. The lowest BCUT2D eigenvalue weighted by atomic mass is 10.2. The Labute approximate surface area is 106 Å². The summed E-state index contributed by atoms with van der Waals surface area (Å²) in [4.78, 5) is 0. The van der Waals surface area contributed by atoms with Gasteiger partial charge in [0.1, 0.15) is 17.5 Å². The highest BCUT2D eigenvalue weighted by molar-refractivity contribution is 9.10. The molecule has 0 radical (unpaired) electrons. The van der Waals surface area contributed by atoms with Crippen LogP contribution in [0.3, 0.4) is 0 Å². The van der Waals surface area contributed by atoms with Crippen LogP contribution in [0.4, 0.5) is 5.69 Å². The summed E-state index contributed by atoms with van der Waals surface area (Å²) in [6, 6.07) is 4.94. The molecule has 7 heteroatoms. The normalized spacial score (nSPS) is 10.8. The van der Waals surface area contributed by atoms with Crippen molar-refractivity contribution >= 4 is 33.2 Å². The number of halogens is 1. The molecule has 1 aromatic rings. The Hall–Kier alpha value is -2.07. The van der Waals surface area contributed by atoms with E-state index < -0.39 is 5.84 Å². The molecular weight excluding hydrogens is 286 g/mol. The summed E-state index contributed by atoms with van der Waals surface area (Å²) >= 11 is 3.23. The van der Waals surface area contributed by atoms with Crippen molar-refractivity contribution in [2.45, 2.75) is 6.92 Å². The molecule has 6 nitrogen and oxygen atoms in total. The van der Waals surface area contributed by atoms with Gasteiger partial charge in [-0.25, -0.2) is 0 Å². The number of phenols is 1. The van der Waals surface area contributed by atoms with Gasteiger partial charge in [-0.05, 0) is 24.6 Å². The number of rotatable bonds is 3. The number of phenolic OH excluding ortho intramolecular Hbond substituents is 1. The van der Waals surface area contributed by atoms with Gasteiger partial charge in [0.05, 0.1) is 0 Å². The van der Waals surface area contributed by atoms with Crippen molar-refractivity contribution in [3.8, 4) is 11.8 Å². The maximum Gasteiger partial charge on any atom is 0.201 e. The minimum absolute atomic E-state index is 0.0125. The van der Waals surface area contributed by atoms with Crippen LogP contribution in [0.2, 0.25) is 0 Å². The van der Waals surface area contributed by atoms with Gasteiger partial charge in [-0.2, -0.15) is 10.4 Å². The molecule has 5 N–H and O–H groups in total. The van der Waals surface area contributed by atoms with E-state index in [9.17, 15) is 5.11 Å². The number of anilines is 1. The predicted octanol–water partition coefficient (Wildman–Crippen LogP) is 1.69. The largest absolute Gasteiger partial charge is 0.506 e. The highest BCUT2D eigenvalue weighted by Crippen LogP contribution is 2.30. The predicted molar refractivity (Wildman–Crippen MR) is 69.1 cm³/mol. The van der Waals surface area contributed by atoms with Gasteiger partial charge in [0.15, 0.2) is 5.84 Å². The standard InChI is InChI=1S/C10H10BrN5O/c1-5-2-6(11)3-8(17)9(5)16-15-7(4-12)10(13)14/h2-3,16-17H,1H3,(H3,13,14)/b15-7+. The quantitative estimate of drug-likeness (QED) is 0.294. The van der Waals surface area contributed by atoms with Crippen LogP contribution in [-0.2, 0) is 0 Å². The van der Waals surface area contributed by atoms with Crippen molar-refractivity contribution in [3.63, 3.8) is 0 Å². The van der Waals surface area contributed by atoms with Gasteiger partial charge in [0, 0.05) is 4.47 Å². The van der Waals surface area contributed by atoms with E-state index in [0.717, 1.165) is 10.0 Å². The highest BCUT2D eigenvalue weighted by atomic mass is 79.9. The Morgan fingerprint density at radius 3 is 2.76 bits per heavy atom. The van der Waals surface area contributed by atoms with Gasteiger partial charge in [0.25, 0.3) is 0 Å². The first-order valence-corrected chi connectivity index (χ1v) is 5.32. The first kappa shape index (κ1) is 13.0. The van der Waals surface area contributed by atoms with Gasteiger partial charge in [-0.1, -0.05) is 15.9 Å². The zero-order valence-electron chi connectivity index (χ0n) is 8.95. The fourth-order valence-electron chi connectivity index (χ4n) is 1.13. The lowest BCUT2D eigenvalue weighted by Gasteiger charge is -2.08. The third kappa shape index (κ3) is 3.19. The zero-order valence-corrected chi connectivity index (χ0v) is 10.5. The molecule has 0 heterocycles. The number of aromatic hydroxyl groups is 1. The van der Waals surface area contributed by atoms with Crippen LogP contribution < -0.4 is 11.2 Å². The topological polar surface area (TPSA) is 118 Å². The van der Waals surface area contributed by atoms with Crippen LogP contribution in [0.15, 0.2) is 21.7 Å². The van der Waals surface area contributed by atoms with Crippen LogP contribution in [0.1, 0.15) is 5.56 Å². The Morgan fingerprint density at radius 2 is 2.29 bits per heavy atom. The number of amidine groups is 1. The van der Waals surface area contributed by atoms with E-state index in [1.807, 2.05) is 0 Å². The molecule has 0 spiro atoms. The molecule has 0 aliphatic rings. The van der Waals surface area contributed by atoms with E-state index >= 15 is 0 Å². The van der Waals surface area contributed by atoms with Gasteiger partial charge >= 0.3 is 0 Å². The maximum atomic E-state index is 9.67. The average Bonchev–Trinajstić information content (AvgIpc) is 2.21. The van der Waals surface area contributed by atoms with Gasteiger partial charge in [-0.3, -0.25) is 10.8 Å². The summed E-state index contributed by atoms with van der Waals surface area (Å²) in [6.45, 7) is 1.77. The Kier molecular flexibility index (Phi) is 4.06. The van der Waals surface area contributed by atoms with E-state index in [2.05, 4.69) is 26.5 Å². The SMILES string of the molecule is Cc1cc(Br)cc(O)c1N/N=C(\C#N)C(=N)N. The number of hydrazone groups is 1. The molecule has 0 saturated heterocycles. The highest BCUT2D eigenvalue weighted by Gasteiger charge is 2.07. The summed E-state index contributed by atoms with van der Waals surface area (Å²) in [5, 5.41) is 29.0. The second-order valence-corrected chi connectivity index (χ2v) is 4.13. The monoisotopic (exact) mass is 295 g/mol. The average molecular weight is 296 g/mol. The van der Waals surface area contributed by atoms with Crippen molar-refractivity contribution in [2.24, 2.45) is 10.8 Å². The third-order valence-electron chi connectivity index (χ3n) is 1.92. The number of nitrogens with one attached hydrogen (secondary N) is 2. The van der Waals surface area contributed by atoms with Crippen molar-refractivity contribution in [1.82, 2.24) is 0 Å². The molecule has 0 saturated carbocycles. The van der Waals surface area contributed by atoms with Crippen molar-refractivity contribution in [3.05, 3.63) is 22.2 Å². The molecule has 88 valence electrons. The van der Waals surface area contributed by atoms with Gasteiger partial charge in [-0.15, -0.1) is 0 Å². The molecule has 0 amide bonds. The number of nitriles is 1. The van der Waals surface area contributed by atoms with Crippen LogP contribution in [0.5, 0.6) is 5.75 Å². The fourth-order valence-corrected chi connectivity index (χ4v) is 1.69. The number of nitrogens with zero attached hydrogens (tertiary/aromatic N) is 2. The molecular formula is C10H10BrN5O. The second kappa shape index (κ2) is 5.32. The number of hydrogen-bond acceptors (Lipinski definition) is 5. The molecule has 0 atom stereocenters. The minimum Gasteiger partial charge on any atom is -0.506 e. The summed E-state index contributed by atoms with van der Waals surface area (Å²) in [5.74, 6) is -0.448. The van der Waals surface area contributed by atoms with Crippen LogP contribution in [-0.4, -0.2) is 16.7 Å². The number of nitrogens with two attached hydrogens (primary N) is 1. The van der Waals surface area contributed by atoms with Crippen LogP contribution in [0.25, 0.3) is 0 Å². The van der Waals surface area contributed by atoms with E-state index in [-0.39, 0.29) is 11.5 Å². The van der Waals surface area contributed by atoms with Crippen molar-refractivity contribution in [1.29, 1.82) is 10.7 Å². The molecule has 0 fully saturated rings. The zero-order chi connectivity index (χ0) is 13.0. The Balaban J connectivity index is 3.05. The van der Waals surface area contributed by atoms with Gasteiger partial charge < -0.3 is 10.8 Å². The molecule has 1 rings (SSSR count). The Morgan fingerprint density at radius 1 is 1.65 bits per heavy atom. The molecule has 1 aromatic carbocycles. The van der Waals surface area contributed by atoms with Crippen LogP contribution >= 0.6 is 15.9 Å². The summed E-state index contributed by atoms with van der Waals surface area (Å²) < 4.78 is 0.731. The van der Waals surface area contributed by atoms with Crippen LogP contribution in [0, 0.1) is 23.7 Å². The third-order valence-corrected chi connectivity index (χ3v) is 2.38. The van der Waals surface area contributed by atoms with E-state index in [4.69, 9.17) is 16.4 Å². The molecule has 0 bridgehead atoms. The molecule has 17 heavy (non-hydrogen) atoms. The second-order valence-electron chi connectivity index (χ2n) is 3.21. The molecule has 0 aliphatic carbocycles. The van der Waals surface area contributed by atoms with E-state index in [1.54, 1.807) is 19.1 Å². The lowest BCUT2D eigenvalue weighted by Crippen LogP contribution is -2.21. The maximum absolute atomic E-state index is 9.67. The summed E-state index contributed by atoms with van der Waals surface area (Å²) in [5.41, 5.74) is 8.50. The fraction of sp³-hybridized carbons (Fsp3) is 0.100. The van der Waals surface area contributed by atoms with E-state index in [1.165, 1.54) is 6.07 Å². The summed E-state index contributed by atoms with van der Waals surface area (Å²) in [7, 11) is 0. The van der Waals surface area contributed by atoms with E-state index in [0.29, 0.717) is 5.69 Å².